The monoisotopic (exact) mass is 280 g/mol. The van der Waals surface area contributed by atoms with Crippen molar-refractivity contribution in [3.63, 3.8) is 0 Å². The quantitative estimate of drug-likeness (QED) is 0.916. The van der Waals surface area contributed by atoms with Crippen molar-refractivity contribution in [2.24, 2.45) is 10.9 Å². The molecule has 3 rings (SSSR count). The number of amidine groups is 1. The van der Waals surface area contributed by atoms with Gasteiger partial charge in [-0.2, -0.15) is 0 Å². The molecule has 1 aromatic rings. The zero-order valence-electron chi connectivity index (χ0n) is 10.6. The Morgan fingerprint density at radius 3 is 3.17 bits per heavy atom. The van der Waals surface area contributed by atoms with Crippen molar-refractivity contribution < 1.29 is 0 Å². The summed E-state index contributed by atoms with van der Waals surface area (Å²) in [4.78, 5) is 6.16. The smallest absolute Gasteiger partial charge is 0.156 e. The summed E-state index contributed by atoms with van der Waals surface area (Å²) in [6.45, 7) is 0.924. The van der Waals surface area contributed by atoms with Gasteiger partial charge in [0.15, 0.2) is 5.17 Å². The SMILES string of the molecule is c1csc(CCN=C2NC3CCCCC3CS2)c1. The average molecular weight is 280 g/mol. The van der Waals surface area contributed by atoms with Gasteiger partial charge < -0.3 is 5.32 Å². The molecule has 0 aromatic carbocycles. The van der Waals surface area contributed by atoms with Gasteiger partial charge in [-0.1, -0.05) is 30.7 Å². The highest BCUT2D eigenvalue weighted by atomic mass is 32.2. The first-order valence-electron chi connectivity index (χ1n) is 6.88. The fraction of sp³-hybridized carbons (Fsp3) is 0.643. The van der Waals surface area contributed by atoms with E-state index in [1.807, 2.05) is 23.1 Å². The molecule has 2 atom stereocenters. The molecule has 1 N–H and O–H groups in total. The summed E-state index contributed by atoms with van der Waals surface area (Å²) in [5.74, 6) is 2.16. The lowest BCUT2D eigenvalue weighted by atomic mass is 9.86. The lowest BCUT2D eigenvalue weighted by Gasteiger charge is -2.36. The number of fused-ring (bicyclic) bond motifs is 1. The van der Waals surface area contributed by atoms with Crippen molar-refractivity contribution in [2.75, 3.05) is 12.3 Å². The lowest BCUT2D eigenvalue weighted by Crippen LogP contribution is -2.46. The van der Waals surface area contributed by atoms with Crippen LogP contribution in [0.25, 0.3) is 0 Å². The van der Waals surface area contributed by atoms with E-state index in [4.69, 9.17) is 4.99 Å². The zero-order chi connectivity index (χ0) is 12.2. The number of thioether (sulfide) groups is 1. The number of hydrogen-bond acceptors (Lipinski definition) is 3. The minimum absolute atomic E-state index is 0.709. The Kier molecular flexibility index (Phi) is 4.26. The normalized spacial score (nSPS) is 29.9. The van der Waals surface area contributed by atoms with E-state index in [9.17, 15) is 0 Å². The Balaban J connectivity index is 1.50. The second kappa shape index (κ2) is 6.11. The van der Waals surface area contributed by atoms with Crippen molar-refractivity contribution >= 4 is 28.3 Å². The third kappa shape index (κ3) is 3.09. The Labute approximate surface area is 117 Å². The van der Waals surface area contributed by atoms with E-state index in [1.165, 1.54) is 41.5 Å². The van der Waals surface area contributed by atoms with Crippen LogP contribution in [-0.4, -0.2) is 23.5 Å². The third-order valence-corrected chi connectivity index (χ3v) is 5.90. The molecular formula is C14H20N2S2. The van der Waals surface area contributed by atoms with Crippen molar-refractivity contribution in [2.45, 2.75) is 38.1 Å². The summed E-state index contributed by atoms with van der Waals surface area (Å²) < 4.78 is 0. The summed E-state index contributed by atoms with van der Waals surface area (Å²) in [5.41, 5.74) is 0. The first-order chi connectivity index (χ1) is 8.92. The number of aliphatic imine (C=N–C) groups is 1. The molecule has 0 bridgehead atoms. The highest BCUT2D eigenvalue weighted by Gasteiger charge is 2.29. The molecule has 2 fully saturated rings. The second-order valence-corrected chi connectivity index (χ2v) is 7.16. The number of thiophene rings is 1. The van der Waals surface area contributed by atoms with E-state index in [-0.39, 0.29) is 0 Å². The van der Waals surface area contributed by atoms with Crippen LogP contribution in [-0.2, 0) is 6.42 Å². The minimum Gasteiger partial charge on any atom is -0.362 e. The molecule has 0 radical (unpaired) electrons. The van der Waals surface area contributed by atoms with Crippen LogP contribution in [0.3, 0.4) is 0 Å². The maximum Gasteiger partial charge on any atom is 0.156 e. The van der Waals surface area contributed by atoms with Gasteiger partial charge in [0, 0.05) is 29.6 Å². The Hall–Kier alpha value is -0.480. The van der Waals surface area contributed by atoms with Gasteiger partial charge in [0.1, 0.15) is 0 Å². The molecule has 1 saturated heterocycles. The standard InChI is InChI=1S/C14H20N2S2/c1-2-6-13-11(4-1)10-18-14(16-13)15-8-7-12-5-3-9-17-12/h3,5,9,11,13H,1-2,4,6-8,10H2,(H,15,16). The van der Waals surface area contributed by atoms with E-state index < -0.39 is 0 Å². The van der Waals surface area contributed by atoms with Crippen LogP contribution < -0.4 is 5.32 Å². The predicted molar refractivity (Wildman–Crippen MR) is 81.7 cm³/mol. The van der Waals surface area contributed by atoms with E-state index in [2.05, 4.69) is 22.8 Å². The number of nitrogens with one attached hydrogen (secondary N) is 1. The van der Waals surface area contributed by atoms with Gasteiger partial charge in [0.25, 0.3) is 0 Å². The molecule has 2 heterocycles. The first-order valence-corrected chi connectivity index (χ1v) is 8.74. The molecular weight excluding hydrogens is 260 g/mol. The maximum atomic E-state index is 4.72. The maximum absolute atomic E-state index is 4.72. The van der Waals surface area contributed by atoms with Crippen molar-refractivity contribution in [3.8, 4) is 0 Å². The van der Waals surface area contributed by atoms with Gasteiger partial charge in [0.2, 0.25) is 0 Å². The molecule has 0 spiro atoms. The highest BCUT2D eigenvalue weighted by molar-refractivity contribution is 8.13. The molecule has 2 unspecified atom stereocenters. The fourth-order valence-corrected chi connectivity index (χ4v) is 4.68. The average Bonchev–Trinajstić information content (AvgIpc) is 2.92. The van der Waals surface area contributed by atoms with Crippen LogP contribution >= 0.6 is 23.1 Å². The summed E-state index contributed by atoms with van der Waals surface area (Å²) in [5, 5.41) is 6.98. The fourth-order valence-electron chi connectivity index (χ4n) is 2.80. The minimum atomic E-state index is 0.709. The molecule has 18 heavy (non-hydrogen) atoms. The molecule has 2 nitrogen and oxygen atoms in total. The molecule has 4 heteroatoms. The largest absolute Gasteiger partial charge is 0.362 e. The molecule has 1 saturated carbocycles. The highest BCUT2D eigenvalue weighted by Crippen LogP contribution is 2.31. The number of hydrogen-bond donors (Lipinski definition) is 1. The molecule has 1 aliphatic carbocycles. The van der Waals surface area contributed by atoms with Crippen LogP contribution in [0.2, 0.25) is 0 Å². The number of nitrogens with zero attached hydrogens (tertiary/aromatic N) is 1. The van der Waals surface area contributed by atoms with Crippen LogP contribution in [0.15, 0.2) is 22.5 Å². The van der Waals surface area contributed by atoms with E-state index in [0.717, 1.165) is 18.9 Å². The molecule has 98 valence electrons. The Morgan fingerprint density at radius 1 is 1.33 bits per heavy atom. The first kappa shape index (κ1) is 12.5. The summed E-state index contributed by atoms with van der Waals surface area (Å²) in [6.07, 6.45) is 6.65. The molecule has 1 aromatic heterocycles. The van der Waals surface area contributed by atoms with Crippen LogP contribution in [0.5, 0.6) is 0 Å². The lowest BCUT2D eigenvalue weighted by molar-refractivity contribution is 0.311. The third-order valence-electron chi connectivity index (χ3n) is 3.85. The molecule has 2 aliphatic rings. The summed E-state index contributed by atoms with van der Waals surface area (Å²) in [7, 11) is 0. The van der Waals surface area contributed by atoms with Crippen LogP contribution in [0, 0.1) is 5.92 Å². The van der Waals surface area contributed by atoms with Crippen molar-refractivity contribution in [3.05, 3.63) is 22.4 Å². The topological polar surface area (TPSA) is 24.4 Å². The van der Waals surface area contributed by atoms with Gasteiger partial charge >= 0.3 is 0 Å². The molecule has 1 aliphatic heterocycles. The van der Waals surface area contributed by atoms with Gasteiger partial charge in [-0.05, 0) is 30.2 Å². The Morgan fingerprint density at radius 2 is 2.28 bits per heavy atom. The van der Waals surface area contributed by atoms with Gasteiger partial charge in [-0.15, -0.1) is 11.3 Å². The van der Waals surface area contributed by atoms with Gasteiger partial charge in [0.05, 0.1) is 0 Å². The van der Waals surface area contributed by atoms with Gasteiger partial charge in [-0.3, -0.25) is 4.99 Å². The van der Waals surface area contributed by atoms with Gasteiger partial charge in [-0.25, -0.2) is 0 Å². The summed E-state index contributed by atoms with van der Waals surface area (Å²) in [6, 6.07) is 5.03. The number of rotatable bonds is 3. The Bertz CT molecular complexity index is 400. The summed E-state index contributed by atoms with van der Waals surface area (Å²) >= 11 is 3.76. The zero-order valence-corrected chi connectivity index (χ0v) is 12.2. The predicted octanol–water partition coefficient (Wildman–Crippen LogP) is 3.54. The van der Waals surface area contributed by atoms with E-state index in [0.29, 0.717) is 6.04 Å². The van der Waals surface area contributed by atoms with Crippen molar-refractivity contribution in [1.29, 1.82) is 0 Å². The van der Waals surface area contributed by atoms with E-state index >= 15 is 0 Å². The van der Waals surface area contributed by atoms with Crippen molar-refractivity contribution in [1.82, 2.24) is 5.32 Å². The second-order valence-electron chi connectivity index (χ2n) is 5.12. The van der Waals surface area contributed by atoms with E-state index in [1.54, 1.807) is 0 Å². The van der Waals surface area contributed by atoms with Crippen LogP contribution in [0.1, 0.15) is 30.6 Å². The molecule has 0 amide bonds. The van der Waals surface area contributed by atoms with Crippen LogP contribution in [0.4, 0.5) is 0 Å².